The molecule has 4 aliphatic rings. The molecular formula is C51H48N6O10. The number of ether oxygens (including phenoxy) is 4. The number of piperidine rings is 1. The number of anilines is 1. The van der Waals surface area contributed by atoms with Gasteiger partial charge in [0, 0.05) is 60.4 Å². The maximum Gasteiger partial charge on any atom is 0.256 e. The minimum atomic E-state index is -1.33. The van der Waals surface area contributed by atoms with Crippen molar-refractivity contribution in [3.63, 3.8) is 0 Å². The van der Waals surface area contributed by atoms with Crippen molar-refractivity contribution in [1.82, 2.24) is 20.4 Å². The number of aliphatic imine (C=N–C) groups is 1. The SMILES string of the molecule is O=C(CN1Cc2ccccc2[C@@H]2OC(c3ccccc3)=N[C@]2(Cc2ccccc2)C1=O)NCCOCCOCC#CC#CCOCC(=O)Nc1cccc2c1CN(C1CCC(=O)NC1=O)C2=O. The van der Waals surface area contributed by atoms with Crippen LogP contribution in [0.1, 0.15) is 57.1 Å². The normalized spacial score (nSPS) is 19.3. The molecule has 0 aromatic heterocycles. The summed E-state index contributed by atoms with van der Waals surface area (Å²) in [5, 5.41) is 7.90. The molecule has 1 fully saturated rings. The van der Waals surface area contributed by atoms with Crippen molar-refractivity contribution < 1.29 is 47.7 Å². The first-order chi connectivity index (χ1) is 32.7. The topological polar surface area (TPSA) is 194 Å². The molecule has 342 valence electrons. The Bertz CT molecular complexity index is 2690. The van der Waals surface area contributed by atoms with Gasteiger partial charge in [0.2, 0.25) is 29.5 Å². The number of hydrogen-bond donors (Lipinski definition) is 3. The largest absolute Gasteiger partial charge is 0.466 e. The standard InChI is InChI=1S/C51H48N6O10/c58-43-23-22-42(47(61)54-43)57-32-40-39(49(57)62)20-13-21-41(40)53-45(60)34-66-26-12-2-1-11-25-64-28-29-65-27-24-52-44(59)33-56-31-37-18-9-10-19-38(37)46-51(50(56)63,30-35-14-5-3-6-15-35)55-48(67-46)36-16-7-4-8-17-36/h3-10,13-21,42,46H,22-34H2,(H,52,59)(H,53,60)(H,54,58,61)/t42?,46-,51-/m0/s1. The summed E-state index contributed by atoms with van der Waals surface area (Å²) in [5.74, 6) is 8.91. The maximum atomic E-state index is 14.8. The number of nitrogens with zero attached hydrogens (tertiary/aromatic N) is 3. The summed E-state index contributed by atoms with van der Waals surface area (Å²) in [4.78, 5) is 85.7. The van der Waals surface area contributed by atoms with E-state index in [1.807, 2.05) is 84.9 Å². The summed E-state index contributed by atoms with van der Waals surface area (Å²) >= 11 is 0. The average molecular weight is 905 g/mol. The molecule has 3 N–H and O–H groups in total. The Morgan fingerprint density at radius 3 is 2.33 bits per heavy atom. The summed E-state index contributed by atoms with van der Waals surface area (Å²) in [6.07, 6.45) is -0.0132. The molecule has 4 heterocycles. The smallest absolute Gasteiger partial charge is 0.256 e. The number of imide groups is 1. The lowest BCUT2D eigenvalue weighted by atomic mass is 9.81. The highest BCUT2D eigenvalue weighted by Crippen LogP contribution is 2.46. The third kappa shape index (κ3) is 10.9. The number of hydrogen-bond acceptors (Lipinski definition) is 11. The molecule has 0 bridgehead atoms. The molecule has 0 spiro atoms. The molecule has 8 rings (SSSR count). The second kappa shape index (κ2) is 21.6. The third-order valence-electron chi connectivity index (χ3n) is 11.6. The first-order valence-electron chi connectivity index (χ1n) is 22.0. The predicted molar refractivity (Wildman–Crippen MR) is 244 cm³/mol. The number of carbonyl (C=O) groups excluding carboxylic acids is 6. The van der Waals surface area contributed by atoms with Crippen molar-refractivity contribution in [2.24, 2.45) is 4.99 Å². The molecule has 67 heavy (non-hydrogen) atoms. The Morgan fingerprint density at radius 1 is 0.806 bits per heavy atom. The summed E-state index contributed by atoms with van der Waals surface area (Å²) in [6, 6.07) is 31.2. The zero-order valence-electron chi connectivity index (χ0n) is 36.6. The van der Waals surface area contributed by atoms with E-state index in [0.29, 0.717) is 22.7 Å². The Morgan fingerprint density at radius 2 is 1.54 bits per heavy atom. The van der Waals surface area contributed by atoms with Gasteiger partial charge < -0.3 is 39.4 Å². The van der Waals surface area contributed by atoms with Gasteiger partial charge in [-0.15, -0.1) is 0 Å². The molecule has 16 heteroatoms. The van der Waals surface area contributed by atoms with Gasteiger partial charge in [-0.3, -0.25) is 34.1 Å². The van der Waals surface area contributed by atoms with E-state index in [2.05, 4.69) is 39.6 Å². The van der Waals surface area contributed by atoms with Crippen LogP contribution in [0.4, 0.5) is 5.69 Å². The lowest BCUT2D eigenvalue weighted by Crippen LogP contribution is -2.52. The van der Waals surface area contributed by atoms with Gasteiger partial charge >= 0.3 is 0 Å². The van der Waals surface area contributed by atoms with E-state index in [9.17, 15) is 28.8 Å². The van der Waals surface area contributed by atoms with Crippen molar-refractivity contribution in [3.05, 3.63) is 137 Å². The molecule has 4 aromatic carbocycles. The van der Waals surface area contributed by atoms with Crippen molar-refractivity contribution in [2.75, 3.05) is 58.0 Å². The van der Waals surface area contributed by atoms with Gasteiger partial charge in [-0.05, 0) is 53.7 Å². The van der Waals surface area contributed by atoms with E-state index < -0.39 is 29.5 Å². The van der Waals surface area contributed by atoms with Crippen molar-refractivity contribution in [2.45, 2.75) is 50.0 Å². The number of amides is 6. The van der Waals surface area contributed by atoms with E-state index in [1.165, 1.54) is 4.90 Å². The highest BCUT2D eigenvalue weighted by atomic mass is 16.5. The zero-order valence-corrected chi connectivity index (χ0v) is 36.6. The monoisotopic (exact) mass is 904 g/mol. The highest BCUT2D eigenvalue weighted by Gasteiger charge is 2.57. The van der Waals surface area contributed by atoms with Crippen LogP contribution >= 0.6 is 0 Å². The van der Waals surface area contributed by atoms with Crippen LogP contribution in [0, 0.1) is 23.7 Å². The molecule has 1 saturated heterocycles. The van der Waals surface area contributed by atoms with Gasteiger partial charge in [0.1, 0.15) is 25.9 Å². The second-order valence-electron chi connectivity index (χ2n) is 16.1. The number of rotatable bonds is 17. The predicted octanol–water partition coefficient (Wildman–Crippen LogP) is 3.10. The van der Waals surface area contributed by atoms with Crippen LogP contribution in [0.2, 0.25) is 0 Å². The molecule has 1 unspecified atom stereocenters. The Labute approximate surface area is 387 Å². The molecule has 0 radical (unpaired) electrons. The van der Waals surface area contributed by atoms with E-state index in [0.717, 1.165) is 22.3 Å². The minimum Gasteiger partial charge on any atom is -0.466 e. The Kier molecular flexibility index (Phi) is 14.8. The summed E-state index contributed by atoms with van der Waals surface area (Å²) < 4.78 is 23.1. The number of nitrogens with one attached hydrogen (secondary N) is 3. The second-order valence-corrected chi connectivity index (χ2v) is 16.1. The molecule has 4 aliphatic heterocycles. The molecular weight excluding hydrogens is 857 g/mol. The number of carbonyl (C=O) groups is 6. The van der Waals surface area contributed by atoms with E-state index in [4.69, 9.17) is 23.9 Å². The lowest BCUT2D eigenvalue weighted by Gasteiger charge is -2.32. The molecule has 16 nitrogen and oxygen atoms in total. The van der Waals surface area contributed by atoms with E-state index >= 15 is 0 Å². The molecule has 6 amide bonds. The van der Waals surface area contributed by atoms with Crippen LogP contribution in [-0.4, -0.2) is 115 Å². The van der Waals surface area contributed by atoms with Crippen molar-refractivity contribution >= 4 is 47.0 Å². The minimum absolute atomic E-state index is 0.0427. The van der Waals surface area contributed by atoms with Gasteiger partial charge in [-0.2, -0.15) is 0 Å². The number of fused-ring (bicyclic) bond motifs is 4. The fourth-order valence-electron chi connectivity index (χ4n) is 8.48. The highest BCUT2D eigenvalue weighted by molar-refractivity contribution is 6.07. The van der Waals surface area contributed by atoms with Crippen molar-refractivity contribution in [3.8, 4) is 23.7 Å². The first-order valence-corrected chi connectivity index (χ1v) is 22.0. The fraction of sp³-hybridized carbons (Fsp3) is 0.314. The summed E-state index contributed by atoms with van der Waals surface area (Å²) in [5.41, 5.74) is 3.52. The van der Waals surface area contributed by atoms with E-state index in [1.54, 1.807) is 23.1 Å². The van der Waals surface area contributed by atoms with Crippen LogP contribution in [0.5, 0.6) is 0 Å². The first kappa shape index (κ1) is 45.9. The Hall–Kier alpha value is -7.63. The number of benzene rings is 4. The quantitative estimate of drug-likeness (QED) is 0.0806. The zero-order chi connectivity index (χ0) is 46.6. The summed E-state index contributed by atoms with van der Waals surface area (Å²) in [7, 11) is 0. The van der Waals surface area contributed by atoms with Crippen LogP contribution < -0.4 is 16.0 Å². The van der Waals surface area contributed by atoms with Crippen LogP contribution in [-0.2, 0) is 62.4 Å². The van der Waals surface area contributed by atoms with E-state index in [-0.39, 0.29) is 109 Å². The molecule has 3 atom stereocenters. The molecule has 0 aliphatic carbocycles. The maximum absolute atomic E-state index is 14.8. The van der Waals surface area contributed by atoms with Crippen LogP contribution in [0.25, 0.3) is 0 Å². The van der Waals surface area contributed by atoms with Gasteiger partial charge in [-0.1, -0.05) is 90.7 Å². The van der Waals surface area contributed by atoms with Gasteiger partial charge in [0.25, 0.3) is 11.8 Å². The van der Waals surface area contributed by atoms with Gasteiger partial charge in [0.15, 0.2) is 11.6 Å². The van der Waals surface area contributed by atoms with Crippen LogP contribution in [0.3, 0.4) is 0 Å². The fourth-order valence-corrected chi connectivity index (χ4v) is 8.48. The van der Waals surface area contributed by atoms with Gasteiger partial charge in [0.05, 0.1) is 26.4 Å². The Balaban J connectivity index is 0.729. The van der Waals surface area contributed by atoms with Crippen LogP contribution in [0.15, 0.2) is 108 Å². The van der Waals surface area contributed by atoms with Crippen molar-refractivity contribution in [1.29, 1.82) is 0 Å². The molecule has 0 saturated carbocycles. The summed E-state index contributed by atoms with van der Waals surface area (Å²) in [6.45, 7) is 0.969. The lowest BCUT2D eigenvalue weighted by molar-refractivity contribution is -0.143. The molecule has 4 aromatic rings. The van der Waals surface area contributed by atoms with Gasteiger partial charge in [-0.25, -0.2) is 4.99 Å². The third-order valence-corrected chi connectivity index (χ3v) is 11.6. The average Bonchev–Trinajstić information content (AvgIpc) is 3.86.